The Morgan fingerprint density at radius 2 is 0.917 bits per heavy atom. The Kier molecular flexibility index (Phi) is 7.55. The first-order valence-corrected chi connectivity index (χ1v) is 6.76. The first-order chi connectivity index (χ1) is 10.5. The van der Waals surface area contributed by atoms with E-state index in [1.807, 2.05) is 0 Å². The lowest BCUT2D eigenvalue weighted by molar-refractivity contribution is -0.201. The Labute approximate surface area is 139 Å². The second-order valence-electron chi connectivity index (χ2n) is 4.36. The number of amides is 2. The van der Waals surface area contributed by atoms with Crippen LogP contribution in [0.4, 0.5) is 35.1 Å². The van der Waals surface area contributed by atoms with Crippen LogP contribution in [0.25, 0.3) is 0 Å². The Bertz CT molecular complexity index is 423. The van der Waals surface area contributed by atoms with E-state index in [0.29, 0.717) is 0 Å². The molecule has 0 fully saturated rings. The predicted octanol–water partition coefficient (Wildman–Crippen LogP) is 2.93. The van der Waals surface area contributed by atoms with Gasteiger partial charge in [-0.1, -0.05) is 23.2 Å². The molecule has 0 aliphatic rings. The summed E-state index contributed by atoms with van der Waals surface area (Å²) in [5, 5.41) is -6.22. The van der Waals surface area contributed by atoms with Crippen LogP contribution in [0, 0.1) is 0 Å². The number of carbonyl (C=O) groups excluding carboxylic acids is 2. The largest absolute Gasteiger partial charge is 0.446 e. The van der Waals surface area contributed by atoms with Crippen molar-refractivity contribution >= 4 is 35.0 Å². The number of hydrogen-bond acceptors (Lipinski definition) is 2. The fourth-order valence-electron chi connectivity index (χ4n) is 1.13. The smallest absolute Gasteiger partial charge is 0.352 e. The highest BCUT2D eigenvalue weighted by Gasteiger charge is 2.61. The van der Waals surface area contributed by atoms with Gasteiger partial charge >= 0.3 is 22.6 Å². The molecule has 24 heavy (non-hydrogen) atoms. The normalized spacial score (nSPS) is 17.6. The van der Waals surface area contributed by atoms with Crippen LogP contribution in [0.5, 0.6) is 0 Å². The first kappa shape index (κ1) is 23.0. The molecule has 0 aromatic rings. The summed E-state index contributed by atoms with van der Waals surface area (Å²) in [6, 6.07) is 0. The van der Waals surface area contributed by atoms with E-state index >= 15 is 0 Å². The van der Waals surface area contributed by atoms with Crippen LogP contribution in [0.1, 0.15) is 12.8 Å². The van der Waals surface area contributed by atoms with Gasteiger partial charge in [0, 0.05) is 13.1 Å². The van der Waals surface area contributed by atoms with E-state index in [-0.39, 0.29) is 12.8 Å². The minimum absolute atomic E-state index is 0.176. The molecule has 14 heteroatoms. The van der Waals surface area contributed by atoms with Crippen molar-refractivity contribution in [3.63, 3.8) is 0 Å². The van der Waals surface area contributed by atoms with Gasteiger partial charge < -0.3 is 10.6 Å². The van der Waals surface area contributed by atoms with Gasteiger partial charge in [0.2, 0.25) is 0 Å². The molecule has 0 heterocycles. The van der Waals surface area contributed by atoms with Gasteiger partial charge in [-0.15, -0.1) is 0 Å². The number of halogens is 10. The average molecular weight is 413 g/mol. The minimum Gasteiger partial charge on any atom is -0.352 e. The minimum atomic E-state index is -5.64. The second kappa shape index (κ2) is 7.89. The van der Waals surface area contributed by atoms with Crippen LogP contribution in [-0.4, -0.2) is 47.5 Å². The zero-order valence-corrected chi connectivity index (χ0v) is 12.9. The van der Waals surface area contributed by atoms with Crippen molar-refractivity contribution < 1.29 is 44.7 Å². The van der Waals surface area contributed by atoms with Gasteiger partial charge in [-0.2, -0.15) is 26.3 Å². The molecule has 0 spiro atoms. The molecule has 2 N–H and O–H groups in total. The van der Waals surface area contributed by atoms with Gasteiger partial charge in [-0.05, 0) is 12.8 Å². The number of alkyl halides is 10. The predicted molar refractivity (Wildman–Crippen MR) is 66.7 cm³/mol. The van der Waals surface area contributed by atoms with Crippen LogP contribution in [0.15, 0.2) is 0 Å². The molecule has 2 atom stereocenters. The van der Waals surface area contributed by atoms with E-state index in [1.165, 1.54) is 10.6 Å². The van der Waals surface area contributed by atoms with Crippen molar-refractivity contribution in [2.75, 3.05) is 13.1 Å². The Balaban J connectivity index is 4.14. The summed E-state index contributed by atoms with van der Waals surface area (Å²) in [5.74, 6) is -4.33. The summed E-state index contributed by atoms with van der Waals surface area (Å²) in [6.07, 6.45) is -11.6. The molecule has 0 aliphatic heterocycles. The zero-order valence-electron chi connectivity index (χ0n) is 11.4. The highest BCUT2D eigenvalue weighted by Crippen LogP contribution is 2.38. The van der Waals surface area contributed by atoms with E-state index < -0.39 is 47.5 Å². The lowest BCUT2D eigenvalue weighted by Gasteiger charge is -2.20. The lowest BCUT2D eigenvalue weighted by atomic mass is 10.2. The quantitative estimate of drug-likeness (QED) is 0.383. The molecule has 0 aromatic carbocycles. The van der Waals surface area contributed by atoms with Gasteiger partial charge in [0.05, 0.1) is 0 Å². The number of carbonyl (C=O) groups is 2. The molecule has 0 aromatic heterocycles. The molecule has 0 saturated heterocycles. The molecule has 0 bridgehead atoms. The van der Waals surface area contributed by atoms with Crippen molar-refractivity contribution in [2.24, 2.45) is 0 Å². The van der Waals surface area contributed by atoms with E-state index in [4.69, 9.17) is 0 Å². The van der Waals surface area contributed by atoms with E-state index in [2.05, 4.69) is 23.2 Å². The van der Waals surface area contributed by atoms with Gasteiger partial charge in [0.15, 0.2) is 0 Å². The summed E-state index contributed by atoms with van der Waals surface area (Å²) in [6.45, 7) is -1.05. The Morgan fingerprint density at radius 3 is 1.12 bits per heavy atom. The third-order valence-electron chi connectivity index (χ3n) is 2.46. The Morgan fingerprint density at radius 1 is 0.667 bits per heavy atom. The molecule has 2 unspecified atom stereocenters. The molecular weight excluding hydrogens is 403 g/mol. The number of rotatable bonds is 7. The van der Waals surface area contributed by atoms with Gasteiger partial charge in [0.1, 0.15) is 0 Å². The van der Waals surface area contributed by atoms with E-state index in [0.717, 1.165) is 0 Å². The van der Waals surface area contributed by atoms with Crippen molar-refractivity contribution in [1.29, 1.82) is 0 Å². The fraction of sp³-hybridized carbons (Fsp3) is 0.800. The highest BCUT2D eigenvalue weighted by atomic mass is 35.5. The van der Waals surface area contributed by atoms with Gasteiger partial charge in [-0.3, -0.25) is 9.59 Å². The van der Waals surface area contributed by atoms with Crippen LogP contribution < -0.4 is 10.6 Å². The summed E-state index contributed by atoms with van der Waals surface area (Å²) in [5.41, 5.74) is 0. The molecule has 0 radical (unpaired) electrons. The summed E-state index contributed by atoms with van der Waals surface area (Å²) in [4.78, 5) is 21.8. The van der Waals surface area contributed by atoms with E-state index in [9.17, 15) is 44.7 Å². The van der Waals surface area contributed by atoms with Crippen molar-refractivity contribution in [3.8, 4) is 0 Å². The maximum Gasteiger partial charge on any atom is 0.446 e. The topological polar surface area (TPSA) is 58.2 Å². The number of hydrogen-bond donors (Lipinski definition) is 2. The van der Waals surface area contributed by atoms with Crippen LogP contribution >= 0.6 is 23.2 Å². The number of nitrogens with one attached hydrogen (secondary N) is 2. The molecule has 4 nitrogen and oxygen atoms in total. The van der Waals surface area contributed by atoms with Gasteiger partial charge in [-0.25, -0.2) is 8.78 Å². The highest BCUT2D eigenvalue weighted by molar-refractivity contribution is 6.34. The van der Waals surface area contributed by atoms with Crippen LogP contribution in [0.3, 0.4) is 0 Å². The number of unbranched alkanes of at least 4 members (excludes halogenated alkanes) is 1. The SMILES string of the molecule is O=C(NCCCCNC(=O)C(F)(Cl)C(F)(F)F)C(F)(Cl)C(F)(F)F. The standard InChI is InChI=1S/C10H10Cl2F8N2O2/c11-7(13,9(15,16)17)5(23)21-3-1-2-4-22-6(24)8(12,14)10(18,19)20/h1-4H2,(H,21,23)(H,22,24). The maximum atomic E-state index is 12.9. The van der Waals surface area contributed by atoms with Crippen LogP contribution in [0.2, 0.25) is 0 Å². The maximum absolute atomic E-state index is 12.9. The third kappa shape index (κ3) is 5.80. The van der Waals surface area contributed by atoms with Crippen LogP contribution in [-0.2, 0) is 9.59 Å². The molecule has 0 saturated carbocycles. The zero-order chi connectivity index (χ0) is 19.4. The molecule has 2 amide bonds. The summed E-state index contributed by atoms with van der Waals surface area (Å²) >= 11 is 8.83. The lowest BCUT2D eigenvalue weighted by Crippen LogP contribution is -2.50. The van der Waals surface area contributed by atoms with Crippen molar-refractivity contribution in [2.45, 2.75) is 35.5 Å². The summed E-state index contributed by atoms with van der Waals surface area (Å²) in [7, 11) is 0. The second-order valence-corrected chi connectivity index (χ2v) is 5.40. The molecular formula is C10H10Cl2F8N2O2. The molecule has 0 rings (SSSR count). The Hall–Kier alpha value is -1.04. The third-order valence-corrected chi connectivity index (χ3v) is 3.23. The van der Waals surface area contributed by atoms with Crippen molar-refractivity contribution in [1.82, 2.24) is 10.6 Å². The van der Waals surface area contributed by atoms with E-state index in [1.54, 1.807) is 0 Å². The fourth-order valence-corrected chi connectivity index (χ4v) is 1.27. The molecule has 0 aliphatic carbocycles. The monoisotopic (exact) mass is 412 g/mol. The van der Waals surface area contributed by atoms with Gasteiger partial charge in [0.25, 0.3) is 11.8 Å². The molecule has 142 valence electrons. The van der Waals surface area contributed by atoms with Crippen molar-refractivity contribution in [3.05, 3.63) is 0 Å². The first-order valence-electron chi connectivity index (χ1n) is 6.01. The summed E-state index contributed by atoms with van der Waals surface area (Å²) < 4.78 is 98.2. The average Bonchev–Trinajstić information content (AvgIpc) is 2.39.